The molecule has 0 radical (unpaired) electrons. The predicted molar refractivity (Wildman–Crippen MR) is 72.1 cm³/mol. The SMILES string of the molecule is CC(C)N1CCCCC(NC(=O)C(C)(C)C)C1=O. The van der Waals surface area contributed by atoms with Gasteiger partial charge < -0.3 is 10.2 Å². The summed E-state index contributed by atoms with van der Waals surface area (Å²) < 4.78 is 0. The Balaban J connectivity index is 2.74. The first-order chi connectivity index (χ1) is 8.23. The highest BCUT2D eigenvalue weighted by Gasteiger charge is 2.32. The van der Waals surface area contributed by atoms with E-state index in [9.17, 15) is 9.59 Å². The van der Waals surface area contributed by atoms with E-state index in [1.165, 1.54) is 0 Å². The molecule has 0 aromatic heterocycles. The Morgan fingerprint density at radius 1 is 1.33 bits per heavy atom. The van der Waals surface area contributed by atoms with Crippen molar-refractivity contribution in [1.82, 2.24) is 10.2 Å². The van der Waals surface area contributed by atoms with E-state index in [0.717, 1.165) is 25.8 Å². The zero-order valence-electron chi connectivity index (χ0n) is 12.2. The Morgan fingerprint density at radius 2 is 1.94 bits per heavy atom. The minimum Gasteiger partial charge on any atom is -0.344 e. The Bertz CT molecular complexity index is 318. The van der Waals surface area contributed by atoms with Gasteiger partial charge in [0.2, 0.25) is 11.8 Å². The average molecular weight is 254 g/mol. The summed E-state index contributed by atoms with van der Waals surface area (Å²) in [6, 6.07) is -0.147. The molecule has 0 aliphatic carbocycles. The molecule has 4 heteroatoms. The second-order valence-corrected chi connectivity index (χ2v) is 6.40. The molecule has 1 unspecified atom stereocenters. The first kappa shape index (κ1) is 15.0. The largest absolute Gasteiger partial charge is 0.344 e. The Labute approximate surface area is 110 Å². The smallest absolute Gasteiger partial charge is 0.245 e. The highest BCUT2D eigenvalue weighted by Crippen LogP contribution is 2.18. The van der Waals surface area contributed by atoms with E-state index in [0.29, 0.717) is 0 Å². The van der Waals surface area contributed by atoms with Crippen LogP contribution in [-0.4, -0.2) is 35.3 Å². The third-order valence-electron chi connectivity index (χ3n) is 3.33. The average Bonchev–Trinajstić information content (AvgIpc) is 2.40. The van der Waals surface area contributed by atoms with E-state index >= 15 is 0 Å². The standard InChI is InChI=1S/C14H26N2O2/c1-10(2)16-9-7-6-8-11(12(16)17)15-13(18)14(3,4)5/h10-11H,6-9H2,1-5H3,(H,15,18). The van der Waals surface area contributed by atoms with Gasteiger partial charge >= 0.3 is 0 Å². The van der Waals surface area contributed by atoms with Crippen molar-refractivity contribution >= 4 is 11.8 Å². The van der Waals surface area contributed by atoms with Crippen LogP contribution in [0.3, 0.4) is 0 Å². The fraction of sp³-hybridized carbons (Fsp3) is 0.857. The summed E-state index contributed by atoms with van der Waals surface area (Å²) in [5.74, 6) is 0.0200. The summed E-state index contributed by atoms with van der Waals surface area (Å²) >= 11 is 0. The zero-order valence-corrected chi connectivity index (χ0v) is 12.2. The molecule has 1 rings (SSSR count). The topological polar surface area (TPSA) is 49.4 Å². The fourth-order valence-corrected chi connectivity index (χ4v) is 2.09. The molecule has 0 aromatic carbocycles. The van der Waals surface area contributed by atoms with Crippen molar-refractivity contribution in [2.45, 2.75) is 66.0 Å². The van der Waals surface area contributed by atoms with Gasteiger partial charge in [-0.15, -0.1) is 0 Å². The maximum atomic E-state index is 12.4. The van der Waals surface area contributed by atoms with Crippen LogP contribution in [0.15, 0.2) is 0 Å². The van der Waals surface area contributed by atoms with Crippen molar-refractivity contribution in [3.8, 4) is 0 Å². The molecule has 4 nitrogen and oxygen atoms in total. The summed E-state index contributed by atoms with van der Waals surface area (Å²) in [5, 5.41) is 2.90. The van der Waals surface area contributed by atoms with Crippen LogP contribution in [0.25, 0.3) is 0 Å². The molecule has 18 heavy (non-hydrogen) atoms. The van der Waals surface area contributed by atoms with Gasteiger partial charge in [-0.2, -0.15) is 0 Å². The number of nitrogens with one attached hydrogen (secondary N) is 1. The molecule has 1 saturated heterocycles. The lowest BCUT2D eigenvalue weighted by Gasteiger charge is -2.29. The zero-order chi connectivity index (χ0) is 13.9. The van der Waals surface area contributed by atoms with Gasteiger partial charge in [0.1, 0.15) is 6.04 Å². The molecule has 0 spiro atoms. The van der Waals surface area contributed by atoms with Gasteiger partial charge in [-0.25, -0.2) is 0 Å². The summed E-state index contributed by atoms with van der Waals surface area (Å²) in [7, 11) is 0. The number of hydrogen-bond donors (Lipinski definition) is 1. The van der Waals surface area contributed by atoms with Crippen LogP contribution in [-0.2, 0) is 9.59 Å². The summed E-state index contributed by atoms with van der Waals surface area (Å²) in [4.78, 5) is 26.2. The highest BCUT2D eigenvalue weighted by atomic mass is 16.2. The molecule has 1 aliphatic heterocycles. The lowest BCUT2D eigenvalue weighted by atomic mass is 9.95. The Hall–Kier alpha value is -1.06. The molecule has 1 heterocycles. The molecule has 0 bridgehead atoms. The number of hydrogen-bond acceptors (Lipinski definition) is 2. The summed E-state index contributed by atoms with van der Waals surface area (Å²) in [6.45, 7) is 10.4. The van der Waals surface area contributed by atoms with Crippen molar-refractivity contribution in [2.75, 3.05) is 6.54 Å². The van der Waals surface area contributed by atoms with Gasteiger partial charge in [0.15, 0.2) is 0 Å². The fourth-order valence-electron chi connectivity index (χ4n) is 2.09. The first-order valence-corrected chi connectivity index (χ1v) is 6.85. The van der Waals surface area contributed by atoms with Crippen LogP contribution >= 0.6 is 0 Å². The van der Waals surface area contributed by atoms with Crippen molar-refractivity contribution in [1.29, 1.82) is 0 Å². The van der Waals surface area contributed by atoms with Crippen LogP contribution in [0.5, 0.6) is 0 Å². The van der Waals surface area contributed by atoms with E-state index < -0.39 is 5.41 Å². The van der Waals surface area contributed by atoms with E-state index in [4.69, 9.17) is 0 Å². The Morgan fingerprint density at radius 3 is 2.44 bits per heavy atom. The Kier molecular flexibility index (Phi) is 4.77. The molecule has 1 fully saturated rings. The van der Waals surface area contributed by atoms with Crippen LogP contribution in [0.4, 0.5) is 0 Å². The maximum Gasteiger partial charge on any atom is 0.245 e. The highest BCUT2D eigenvalue weighted by molar-refractivity contribution is 5.89. The minimum atomic E-state index is -0.449. The summed E-state index contributed by atoms with van der Waals surface area (Å²) in [5.41, 5.74) is -0.449. The van der Waals surface area contributed by atoms with E-state index in [1.54, 1.807) is 0 Å². The number of carbonyl (C=O) groups excluding carboxylic acids is 2. The van der Waals surface area contributed by atoms with Crippen LogP contribution < -0.4 is 5.32 Å². The van der Waals surface area contributed by atoms with Gasteiger partial charge in [-0.1, -0.05) is 20.8 Å². The second kappa shape index (κ2) is 5.72. The van der Waals surface area contributed by atoms with Gasteiger partial charge in [0, 0.05) is 18.0 Å². The molecule has 1 aliphatic rings. The van der Waals surface area contributed by atoms with E-state index in [1.807, 2.05) is 39.5 Å². The molecule has 1 N–H and O–H groups in total. The molecule has 0 saturated carbocycles. The lowest BCUT2D eigenvalue weighted by Crippen LogP contribution is -2.51. The van der Waals surface area contributed by atoms with Crippen molar-refractivity contribution in [3.05, 3.63) is 0 Å². The van der Waals surface area contributed by atoms with Gasteiger partial charge in [0.05, 0.1) is 0 Å². The monoisotopic (exact) mass is 254 g/mol. The van der Waals surface area contributed by atoms with Gasteiger partial charge in [-0.3, -0.25) is 9.59 Å². The number of rotatable bonds is 2. The predicted octanol–water partition coefficient (Wildman–Crippen LogP) is 1.94. The van der Waals surface area contributed by atoms with Crippen LogP contribution in [0, 0.1) is 5.41 Å². The van der Waals surface area contributed by atoms with Crippen molar-refractivity contribution < 1.29 is 9.59 Å². The third kappa shape index (κ3) is 3.72. The molecular weight excluding hydrogens is 228 g/mol. The van der Waals surface area contributed by atoms with Crippen molar-refractivity contribution in [3.63, 3.8) is 0 Å². The molecule has 1 atom stereocenters. The normalized spacial score (nSPS) is 22.0. The van der Waals surface area contributed by atoms with Crippen LogP contribution in [0.1, 0.15) is 53.9 Å². The molecule has 0 aromatic rings. The van der Waals surface area contributed by atoms with Gasteiger partial charge in [0.25, 0.3) is 0 Å². The number of likely N-dealkylation sites (tertiary alicyclic amines) is 1. The quantitative estimate of drug-likeness (QED) is 0.818. The van der Waals surface area contributed by atoms with Crippen molar-refractivity contribution in [2.24, 2.45) is 5.41 Å². The maximum absolute atomic E-state index is 12.4. The van der Waals surface area contributed by atoms with Gasteiger partial charge in [-0.05, 0) is 33.1 Å². The first-order valence-electron chi connectivity index (χ1n) is 6.85. The third-order valence-corrected chi connectivity index (χ3v) is 3.33. The molecule has 2 amide bonds. The lowest BCUT2D eigenvalue weighted by molar-refractivity contribution is -0.139. The van der Waals surface area contributed by atoms with Crippen LogP contribution in [0.2, 0.25) is 0 Å². The number of carbonyl (C=O) groups is 2. The van der Waals surface area contributed by atoms with E-state index in [-0.39, 0.29) is 23.9 Å². The second-order valence-electron chi connectivity index (χ2n) is 6.40. The summed E-state index contributed by atoms with van der Waals surface area (Å²) in [6.07, 6.45) is 2.76. The number of nitrogens with zero attached hydrogens (tertiary/aromatic N) is 1. The number of amides is 2. The van der Waals surface area contributed by atoms with E-state index in [2.05, 4.69) is 5.32 Å². The molecule has 104 valence electrons. The minimum absolute atomic E-state index is 0.0496. The molecular formula is C14H26N2O2.